The number of aldehydes is 1. The van der Waals surface area contributed by atoms with E-state index in [1.807, 2.05) is 119 Å². The number of nitrogens with zero attached hydrogens (tertiary/aromatic N) is 8. The van der Waals surface area contributed by atoms with Crippen LogP contribution in [0.15, 0.2) is 57.8 Å². The summed E-state index contributed by atoms with van der Waals surface area (Å²) in [6, 6.07) is -0.337. The lowest BCUT2D eigenvalue weighted by atomic mass is 9.80. The Morgan fingerprint density at radius 2 is 1.03 bits per heavy atom. The summed E-state index contributed by atoms with van der Waals surface area (Å²) in [5, 5.41) is 29.9. The first-order valence-corrected chi connectivity index (χ1v) is 31.3. The number of allylic oxidation sites excluding steroid dienone is 6. The molecule has 0 spiro atoms. The molecule has 8 unspecified atom stereocenters. The van der Waals surface area contributed by atoms with Crippen LogP contribution in [0.5, 0.6) is 0 Å². The Labute approximate surface area is 517 Å². The van der Waals surface area contributed by atoms with Gasteiger partial charge < -0.3 is 62.7 Å². The summed E-state index contributed by atoms with van der Waals surface area (Å²) in [5.74, 6) is -3.29. The van der Waals surface area contributed by atoms with Gasteiger partial charge in [-0.05, 0) is 154 Å². The van der Waals surface area contributed by atoms with Crippen LogP contribution in [-0.2, 0) is 61.9 Å². The number of azide groups is 2. The van der Waals surface area contributed by atoms with Crippen LogP contribution in [-0.4, -0.2) is 185 Å². The fourth-order valence-corrected chi connectivity index (χ4v) is 12.3. The molecule has 4 aliphatic rings. The number of esters is 2. The summed E-state index contributed by atoms with van der Waals surface area (Å²) >= 11 is 0. The number of cyclic esters (lactones) is 2. The molecule has 2 saturated heterocycles. The number of methoxy groups -OCH3 is 2. The van der Waals surface area contributed by atoms with Crippen LogP contribution >= 0.6 is 0 Å². The van der Waals surface area contributed by atoms with Gasteiger partial charge in [0.2, 0.25) is 0 Å². The molecule has 0 amide bonds. The van der Waals surface area contributed by atoms with E-state index in [0.717, 1.165) is 17.4 Å². The van der Waals surface area contributed by atoms with Crippen LogP contribution < -0.4 is 0 Å². The van der Waals surface area contributed by atoms with Crippen LogP contribution in [0.3, 0.4) is 0 Å². The maximum Gasteiger partial charge on any atom is 0.306 e. The Bertz CT molecular complexity index is 2370. The fraction of sp³-hybridized carbons (Fsp3) is 0.797. The van der Waals surface area contributed by atoms with Gasteiger partial charge in [0.25, 0.3) is 0 Å². The van der Waals surface area contributed by atoms with Gasteiger partial charge in [0.05, 0.1) is 24.4 Å². The second-order valence-corrected chi connectivity index (χ2v) is 25.0. The van der Waals surface area contributed by atoms with Crippen LogP contribution in [0.25, 0.3) is 20.9 Å². The number of carbonyl (C=O) groups excluding carboxylic acids is 5. The normalized spacial score (nSPS) is 36.9. The number of likely N-dealkylation sites (N-methyl/N-ethyl adjacent to an activating group) is 2. The Kier molecular flexibility index (Phi) is 34.5. The van der Waals surface area contributed by atoms with Gasteiger partial charge in [-0.1, -0.05) is 87.2 Å². The maximum absolute atomic E-state index is 13.4. The van der Waals surface area contributed by atoms with Crippen LogP contribution in [0, 0.1) is 47.3 Å². The summed E-state index contributed by atoms with van der Waals surface area (Å²) in [6.45, 7) is 19.3. The maximum atomic E-state index is 13.4. The number of ether oxygens (including phenoxy) is 8. The van der Waals surface area contributed by atoms with E-state index in [1.54, 1.807) is 32.4 Å². The first-order chi connectivity index (χ1) is 41.2. The van der Waals surface area contributed by atoms with Crippen molar-refractivity contribution in [2.24, 2.45) is 57.6 Å². The third-order valence-electron chi connectivity index (χ3n) is 17.5. The highest BCUT2D eigenvalue weighted by Crippen LogP contribution is 2.37. The van der Waals surface area contributed by atoms with E-state index in [2.05, 4.69) is 20.1 Å². The summed E-state index contributed by atoms with van der Waals surface area (Å²) in [6.07, 6.45) is 9.47. The number of ketones is 2. The molecule has 0 bridgehead atoms. The Balaban J connectivity index is 0.000000456. The van der Waals surface area contributed by atoms with Gasteiger partial charge in [-0.3, -0.25) is 19.2 Å². The van der Waals surface area contributed by atoms with Crippen LogP contribution in [0.2, 0.25) is 0 Å². The fourth-order valence-electron chi connectivity index (χ4n) is 12.3. The second-order valence-electron chi connectivity index (χ2n) is 25.0. The average molecular weight is 1230 g/mol. The monoisotopic (exact) mass is 1230 g/mol. The largest absolute Gasteiger partial charge is 0.462 e. The highest BCUT2D eigenvalue weighted by molar-refractivity contribution is 5.92. The second kappa shape index (κ2) is 39.3. The molecule has 23 nitrogen and oxygen atoms in total. The first-order valence-electron chi connectivity index (χ1n) is 31.3. The van der Waals surface area contributed by atoms with Crippen molar-refractivity contribution in [2.45, 2.75) is 226 Å². The molecule has 23 heteroatoms. The van der Waals surface area contributed by atoms with Gasteiger partial charge in [0, 0.05) is 98.6 Å². The number of rotatable bonds is 18. The van der Waals surface area contributed by atoms with Crippen molar-refractivity contribution in [3.63, 3.8) is 0 Å². The van der Waals surface area contributed by atoms with E-state index in [4.69, 9.17) is 49.0 Å². The molecule has 2 N–H and O–H groups in total. The van der Waals surface area contributed by atoms with Crippen molar-refractivity contribution in [2.75, 3.05) is 55.5 Å². The highest BCUT2D eigenvalue weighted by Gasteiger charge is 2.44. The summed E-state index contributed by atoms with van der Waals surface area (Å²) in [4.78, 5) is 74.3. The molecular formula is C64H106N8O15. The SMILES string of the molecule is CC[C@H]1OC(=O)CC[C@H](C)[C@@H](OC2OC(C)CC(N(C)C)C2O)[C@@H](CC(OC)OC)C[C@@H](C)C(=O)/C=C/C(C)=C/[C@@H]1CN=[N+]=[N-].CC[C@H]1OC(=O)CC[C@H](C)[C@@H](OC2OC(C)CC(N(C)C)C2O)[C@@H](CC=O)C[C@@H](C)C(=O)/C=C/C(C)=C/[C@@H]1CN=[N+]=[N-]. The molecule has 4 heterocycles. The summed E-state index contributed by atoms with van der Waals surface area (Å²) in [7, 11) is 10.8. The molecule has 20 atom stereocenters. The van der Waals surface area contributed by atoms with Gasteiger partial charge in [-0.15, -0.1) is 0 Å². The van der Waals surface area contributed by atoms with E-state index in [-0.39, 0.29) is 122 Å². The zero-order valence-electron chi connectivity index (χ0n) is 54.8. The lowest BCUT2D eigenvalue weighted by Gasteiger charge is -2.44. The smallest absolute Gasteiger partial charge is 0.306 e. The van der Waals surface area contributed by atoms with Crippen molar-refractivity contribution in [1.82, 2.24) is 9.80 Å². The van der Waals surface area contributed by atoms with Crippen molar-refractivity contribution in [3.05, 3.63) is 68.5 Å². The van der Waals surface area contributed by atoms with Crippen molar-refractivity contribution in [3.8, 4) is 0 Å². The number of hydrogen-bond acceptors (Lipinski definition) is 19. The zero-order chi connectivity index (χ0) is 65.1. The molecule has 0 radical (unpaired) electrons. The van der Waals surface area contributed by atoms with E-state index >= 15 is 0 Å². The predicted molar refractivity (Wildman–Crippen MR) is 330 cm³/mol. The Hall–Kier alpha value is -4.87. The molecule has 0 aromatic carbocycles. The Morgan fingerprint density at radius 1 is 0.644 bits per heavy atom. The van der Waals surface area contributed by atoms with Crippen molar-refractivity contribution in [1.29, 1.82) is 0 Å². The standard InChI is InChI=1S/C33H56N4O8.C31H50N4O7/c1-10-28-25(19-35-36-34)15-20(2)11-13-27(38)22(4)16-24(18-30(41-8)42-9)32(21(3)12-14-29(39)44-28)45-33-31(40)26(37(6)7)17-23(5)43-33;1-8-27-24(18-33-34-32)15-19(2)9-11-26(37)21(4)16-23(13-14-36)30(20(3)10-12-28(38)41-27)42-31-29(39)25(35(6)7)17-22(5)40-31/h11,13,15,21-26,28,30-33,40H,10,12,14,16-19H2,1-9H3;9,11,14-15,20-25,27,29-31,39H,8,10,12-13,16-18H2,1-7H3/b13-11+,20-15+;11-9+,19-15+/t21-,22+,23?,24+,25+,26?,28+,31?,32+,33?;20-,21+,22?,23-,24+,25?,27+,29?,30+,31?/m00/s1. The number of carbonyl (C=O) groups is 5. The first kappa shape index (κ1) is 76.4. The van der Waals surface area contributed by atoms with Gasteiger partial charge in [-0.2, -0.15) is 0 Å². The molecule has 0 aliphatic carbocycles. The van der Waals surface area contributed by atoms with E-state index in [1.165, 1.54) is 6.08 Å². The molecule has 2 fully saturated rings. The van der Waals surface area contributed by atoms with E-state index < -0.39 is 61.4 Å². The Morgan fingerprint density at radius 3 is 1.39 bits per heavy atom. The molecule has 0 saturated carbocycles. The molecule has 0 aromatic rings. The molecule has 0 aromatic heterocycles. The molecule has 492 valence electrons. The summed E-state index contributed by atoms with van der Waals surface area (Å²) < 4.78 is 48.4. The van der Waals surface area contributed by atoms with Crippen molar-refractivity contribution >= 4 is 29.8 Å². The van der Waals surface area contributed by atoms with E-state index in [9.17, 15) is 34.2 Å². The quantitative estimate of drug-likeness (QED) is 0.0322. The minimum Gasteiger partial charge on any atom is -0.462 e. The average Bonchev–Trinajstić information content (AvgIpc) is 2.11. The predicted octanol–water partition coefficient (Wildman–Crippen LogP) is 9.98. The summed E-state index contributed by atoms with van der Waals surface area (Å²) in [5.41, 5.74) is 19.4. The van der Waals surface area contributed by atoms with Gasteiger partial charge in [-0.25, -0.2) is 0 Å². The van der Waals surface area contributed by atoms with Gasteiger partial charge in [0.15, 0.2) is 30.4 Å². The molecule has 87 heavy (non-hydrogen) atoms. The van der Waals surface area contributed by atoms with Gasteiger partial charge >= 0.3 is 11.9 Å². The van der Waals surface area contributed by atoms with Crippen molar-refractivity contribution < 1.29 is 72.1 Å². The third-order valence-corrected chi connectivity index (χ3v) is 17.5. The number of aliphatic hydroxyl groups excluding tert-OH is 2. The third kappa shape index (κ3) is 25.1. The van der Waals surface area contributed by atoms with Gasteiger partial charge in [0.1, 0.15) is 30.7 Å². The topological polar surface area (TPSA) is 304 Å². The van der Waals surface area contributed by atoms with Crippen LogP contribution in [0.4, 0.5) is 0 Å². The highest BCUT2D eigenvalue weighted by atomic mass is 16.7. The number of aliphatic hydroxyl groups is 2. The van der Waals surface area contributed by atoms with E-state index in [0.29, 0.717) is 57.8 Å². The lowest BCUT2D eigenvalue weighted by Crippen LogP contribution is -2.56. The lowest BCUT2D eigenvalue weighted by molar-refractivity contribution is -0.282. The molecule has 4 aliphatic heterocycles. The number of hydrogen-bond donors (Lipinski definition) is 2. The molecular weight excluding hydrogens is 1120 g/mol. The minimum atomic E-state index is -0.926. The minimum absolute atomic E-state index is 0.0436. The molecule has 4 rings (SSSR count). The zero-order valence-corrected chi connectivity index (χ0v) is 54.8. The van der Waals surface area contributed by atoms with Crippen LogP contribution in [0.1, 0.15) is 146 Å².